The lowest BCUT2D eigenvalue weighted by Gasteiger charge is -2.37. The lowest BCUT2D eigenvalue weighted by atomic mass is 9.66. The number of nitrogens with zero attached hydrogens (tertiary/aromatic N) is 4. The molecule has 9 heteroatoms. The van der Waals surface area contributed by atoms with E-state index < -0.39 is 5.92 Å². The zero-order valence-electron chi connectivity index (χ0n) is 46.6. The second-order valence-corrected chi connectivity index (χ2v) is 21.3. The van der Waals surface area contributed by atoms with Gasteiger partial charge < -0.3 is 25.8 Å². The van der Waals surface area contributed by atoms with Crippen molar-refractivity contribution in [1.82, 2.24) is 0 Å². The van der Waals surface area contributed by atoms with Gasteiger partial charge in [-0.3, -0.25) is 20.3 Å². The molecular formula is C67H83N6O3-. The van der Waals surface area contributed by atoms with Crippen LogP contribution in [0.1, 0.15) is 187 Å². The van der Waals surface area contributed by atoms with Gasteiger partial charge in [-0.1, -0.05) is 179 Å². The topological polar surface area (TPSA) is 108 Å². The summed E-state index contributed by atoms with van der Waals surface area (Å²) in [4.78, 5) is 51.9. The van der Waals surface area contributed by atoms with Gasteiger partial charge in [0.05, 0.1) is 18.2 Å². The standard InChI is InChI=1S/C67H83N6O3/c1-8-12-16-20-28-36-72(37-29-21-17-13-9-2)60-44-57(70-47(5)74)62(55-42-51-34-26-24-32-49(51)40-53(55)60)65-64(59(46-68)69-7)66(67(65)76)63-56-43-52-35-27-25-33-50(52)41-54(56)61(45-58(63)71-48(6)75)73(38-30-22-18-14-10-3)39-31-23-19-15-11-4/h24-27,32-35,40-45,65H,8-23,28-31,36-39H2,1-6H3,(H,70,74)(H,71,75)/q-1. The van der Waals surface area contributed by atoms with Crippen molar-refractivity contribution in [3.63, 3.8) is 0 Å². The Hall–Kier alpha value is -6.75. The SMILES string of the molecule is [C-]#[N+]C(=C=[N-])C1=C(c2c(NC(C)=O)cc(N(CCCCCCC)CCCCCCC)c3cc4ccccc4cc23)C(=O)C1c1c(NC(C)=O)cc(N(CCCCCCC)CCCCCCC)c2cc3ccccc3cc12. The van der Waals surface area contributed by atoms with Gasteiger partial charge in [0.15, 0.2) is 5.78 Å². The monoisotopic (exact) mass is 1020 g/mol. The Morgan fingerprint density at radius 1 is 0.539 bits per heavy atom. The predicted octanol–water partition coefficient (Wildman–Crippen LogP) is 17.9. The fourth-order valence-electron chi connectivity index (χ4n) is 11.6. The molecule has 9 nitrogen and oxygen atoms in total. The minimum absolute atomic E-state index is 0.195. The Balaban J connectivity index is 1.51. The molecule has 0 fully saturated rings. The molecule has 0 heterocycles. The second-order valence-electron chi connectivity index (χ2n) is 21.3. The molecule has 2 N–H and O–H groups in total. The minimum Gasteiger partial charge on any atom is -0.775 e. The lowest BCUT2D eigenvalue weighted by molar-refractivity contribution is -0.116. The van der Waals surface area contributed by atoms with Crippen LogP contribution in [-0.2, 0) is 14.4 Å². The first-order valence-electron chi connectivity index (χ1n) is 29.1. The number of hydrogen-bond acceptors (Lipinski definition) is 5. The molecule has 1 atom stereocenters. The van der Waals surface area contributed by atoms with E-state index in [2.05, 4.69) is 113 Å². The van der Waals surface area contributed by atoms with Crippen LogP contribution in [0.5, 0.6) is 0 Å². The molecule has 0 saturated carbocycles. The molecule has 7 rings (SSSR count). The first kappa shape index (κ1) is 57.0. The highest BCUT2D eigenvalue weighted by Crippen LogP contribution is 2.56. The number of unbranched alkanes of at least 4 members (excludes halogenated alkanes) is 16. The molecule has 76 heavy (non-hydrogen) atoms. The molecule has 400 valence electrons. The van der Waals surface area contributed by atoms with Crippen molar-refractivity contribution in [3.8, 4) is 0 Å². The molecule has 0 bridgehead atoms. The predicted molar refractivity (Wildman–Crippen MR) is 324 cm³/mol. The number of benzene rings is 6. The van der Waals surface area contributed by atoms with Crippen LogP contribution >= 0.6 is 0 Å². The number of Topliss-reactive ketones (excluding diaryl/α,β-unsaturated/α-hetero) is 1. The van der Waals surface area contributed by atoms with E-state index in [1.165, 1.54) is 90.9 Å². The number of anilines is 4. The molecule has 1 unspecified atom stereocenters. The second kappa shape index (κ2) is 28.4. The maximum absolute atomic E-state index is 16.0. The number of fused-ring (bicyclic) bond motifs is 4. The van der Waals surface area contributed by atoms with E-state index in [4.69, 9.17) is 6.57 Å². The molecule has 1 aliphatic rings. The number of allylic oxidation sites excluding steroid dienone is 2. The van der Waals surface area contributed by atoms with Crippen LogP contribution in [0.2, 0.25) is 0 Å². The summed E-state index contributed by atoms with van der Waals surface area (Å²) in [5.74, 6) is 0.296. The van der Waals surface area contributed by atoms with Crippen LogP contribution in [0.3, 0.4) is 0 Å². The molecule has 0 saturated heterocycles. The Kier molecular flexibility index (Phi) is 21.3. The molecule has 0 radical (unpaired) electrons. The molecule has 0 aliphatic heterocycles. The Bertz CT molecular complexity index is 3110. The van der Waals surface area contributed by atoms with Gasteiger partial charge in [-0.15, -0.1) is 0 Å². The number of ketones is 1. The Morgan fingerprint density at radius 3 is 1.30 bits per heavy atom. The van der Waals surface area contributed by atoms with Crippen LogP contribution < -0.4 is 20.4 Å². The molecular weight excluding hydrogens is 937 g/mol. The van der Waals surface area contributed by atoms with Gasteiger partial charge in [0.2, 0.25) is 17.5 Å². The van der Waals surface area contributed by atoms with Gasteiger partial charge in [-0.05, 0) is 106 Å². The van der Waals surface area contributed by atoms with Gasteiger partial charge in [-0.2, -0.15) is 0 Å². The zero-order chi connectivity index (χ0) is 54.0. The van der Waals surface area contributed by atoms with Crippen LogP contribution in [0.25, 0.3) is 58.9 Å². The largest absolute Gasteiger partial charge is 0.775 e. The molecule has 2 amide bonds. The lowest BCUT2D eigenvalue weighted by Crippen LogP contribution is -2.32. The van der Waals surface area contributed by atoms with Crippen molar-refractivity contribution >= 4 is 94.9 Å². The van der Waals surface area contributed by atoms with Crippen molar-refractivity contribution in [2.75, 3.05) is 46.6 Å². The summed E-state index contributed by atoms with van der Waals surface area (Å²) < 4.78 is 0. The first-order chi connectivity index (χ1) is 37.1. The van der Waals surface area contributed by atoms with E-state index in [1.54, 1.807) is 0 Å². The molecule has 6 aromatic rings. The highest BCUT2D eigenvalue weighted by Gasteiger charge is 2.46. The molecule has 1 aliphatic carbocycles. The zero-order valence-corrected chi connectivity index (χ0v) is 46.6. The summed E-state index contributed by atoms with van der Waals surface area (Å²) in [6.07, 6.45) is 22.8. The summed E-state index contributed by atoms with van der Waals surface area (Å²) in [7, 11) is 0. The number of rotatable bonds is 31. The van der Waals surface area contributed by atoms with Gasteiger partial charge in [-0.25, -0.2) is 4.85 Å². The summed E-state index contributed by atoms with van der Waals surface area (Å²) in [6.45, 7) is 23.8. The van der Waals surface area contributed by atoms with Crippen molar-refractivity contribution in [1.29, 1.82) is 0 Å². The first-order valence-corrected chi connectivity index (χ1v) is 29.1. The van der Waals surface area contributed by atoms with Gasteiger partial charge in [0.1, 0.15) is 0 Å². The van der Waals surface area contributed by atoms with E-state index >= 15 is 4.79 Å². The van der Waals surface area contributed by atoms with E-state index in [-0.39, 0.29) is 28.9 Å². The average molecular weight is 1020 g/mol. The number of carbonyl (C=O) groups is 3. The van der Waals surface area contributed by atoms with Crippen LogP contribution in [0.4, 0.5) is 22.7 Å². The maximum Gasteiger partial charge on any atom is 0.221 e. The number of nitrogens with one attached hydrogen (secondary N) is 2. The normalized spacial score (nSPS) is 13.3. The maximum atomic E-state index is 16.0. The number of hydrogen-bond donors (Lipinski definition) is 2. The highest BCUT2D eigenvalue weighted by molar-refractivity contribution is 6.39. The quantitative estimate of drug-likeness (QED) is 0.0195. The Labute approximate surface area is 453 Å². The van der Waals surface area contributed by atoms with Crippen molar-refractivity contribution in [2.45, 2.75) is 176 Å². The fraction of sp³-hybridized carbons (Fsp3) is 0.463. The van der Waals surface area contributed by atoms with E-state index in [1.807, 2.05) is 30.3 Å². The van der Waals surface area contributed by atoms with Crippen molar-refractivity contribution in [2.24, 2.45) is 0 Å². The van der Waals surface area contributed by atoms with Gasteiger partial charge in [0.25, 0.3) is 0 Å². The smallest absolute Gasteiger partial charge is 0.221 e. The summed E-state index contributed by atoms with van der Waals surface area (Å²) in [5.41, 5.74) is 4.36. The van der Waals surface area contributed by atoms with Crippen molar-refractivity contribution in [3.05, 3.63) is 124 Å². The third-order valence-corrected chi connectivity index (χ3v) is 15.5. The fourth-order valence-corrected chi connectivity index (χ4v) is 11.6. The summed E-state index contributed by atoms with van der Waals surface area (Å²) >= 11 is 0. The van der Waals surface area contributed by atoms with E-state index in [9.17, 15) is 15.0 Å². The molecule has 6 aromatic carbocycles. The number of amides is 2. The molecule has 0 aromatic heterocycles. The highest BCUT2D eigenvalue weighted by atomic mass is 16.2. The third-order valence-electron chi connectivity index (χ3n) is 15.5. The molecule has 0 spiro atoms. The average Bonchev–Trinajstić information content (AvgIpc) is 3.42. The Morgan fingerprint density at radius 2 is 0.908 bits per heavy atom. The number of carbonyl (C=O) groups excluding carboxylic acids is 3. The van der Waals surface area contributed by atoms with Crippen molar-refractivity contribution < 1.29 is 14.4 Å². The summed E-state index contributed by atoms with van der Waals surface area (Å²) in [5, 5.41) is 24.9. The van der Waals surface area contributed by atoms with Crippen LogP contribution in [-0.4, -0.2) is 49.6 Å². The van der Waals surface area contributed by atoms with Crippen LogP contribution in [0.15, 0.2) is 96.2 Å². The minimum atomic E-state index is -1.07. The van der Waals surface area contributed by atoms with Gasteiger partial charge >= 0.3 is 0 Å². The van der Waals surface area contributed by atoms with Gasteiger partial charge in [0, 0.05) is 79.0 Å². The summed E-state index contributed by atoms with van der Waals surface area (Å²) in [6, 6.07) is 29.2. The third kappa shape index (κ3) is 13.6. The van der Waals surface area contributed by atoms with E-state index in [0.29, 0.717) is 28.1 Å². The van der Waals surface area contributed by atoms with Crippen LogP contribution in [0, 0.1) is 6.57 Å². The van der Waals surface area contributed by atoms with E-state index in [0.717, 1.165) is 132 Å².